The zero-order valence-corrected chi connectivity index (χ0v) is 9.83. The van der Waals surface area contributed by atoms with Gasteiger partial charge in [-0.25, -0.2) is 9.87 Å². The number of nitrogens with one attached hydrogen (secondary N) is 1. The Bertz CT molecular complexity index is 414. The fourth-order valence-electron chi connectivity index (χ4n) is 2.02. The molecule has 1 N–H and O–H groups in total. The Morgan fingerprint density at radius 1 is 1.41 bits per heavy atom. The monoisotopic (exact) mass is 237 g/mol. The average molecular weight is 237 g/mol. The van der Waals surface area contributed by atoms with Crippen LogP contribution in [0.4, 0.5) is 4.39 Å². The van der Waals surface area contributed by atoms with Gasteiger partial charge in [0.1, 0.15) is 5.82 Å². The van der Waals surface area contributed by atoms with Crippen LogP contribution in [0.5, 0.6) is 0 Å². The van der Waals surface area contributed by atoms with Crippen LogP contribution in [0.1, 0.15) is 41.6 Å². The Morgan fingerprint density at radius 3 is 2.82 bits per heavy atom. The van der Waals surface area contributed by atoms with Gasteiger partial charge in [0, 0.05) is 0 Å². The molecule has 1 fully saturated rings. The van der Waals surface area contributed by atoms with Gasteiger partial charge in [-0.15, -0.1) is 0 Å². The average Bonchev–Trinajstić information content (AvgIpc) is 2.82. The topological polar surface area (TPSA) is 38.3 Å². The van der Waals surface area contributed by atoms with Gasteiger partial charge < -0.3 is 0 Å². The van der Waals surface area contributed by atoms with Gasteiger partial charge in [0.25, 0.3) is 5.91 Å². The number of rotatable bonds is 3. The first-order chi connectivity index (χ1) is 8.18. The molecule has 0 heterocycles. The van der Waals surface area contributed by atoms with Gasteiger partial charge in [-0.05, 0) is 31.4 Å². The molecular formula is C13H16FNO2. The summed E-state index contributed by atoms with van der Waals surface area (Å²) in [4.78, 5) is 16.9. The van der Waals surface area contributed by atoms with Gasteiger partial charge in [-0.2, -0.15) is 0 Å². The number of aryl methyl sites for hydroxylation is 1. The summed E-state index contributed by atoms with van der Waals surface area (Å²) in [5.74, 6) is -1.00. The zero-order chi connectivity index (χ0) is 12.3. The summed E-state index contributed by atoms with van der Waals surface area (Å²) in [6, 6.07) is 4.74. The molecule has 0 spiro atoms. The number of amides is 1. The molecule has 3 nitrogen and oxygen atoms in total. The standard InChI is InChI=1S/C13H16FNO2/c1-9-5-4-8-11(12(9)14)13(16)15-17-10-6-2-3-7-10/h4-5,8,10H,2-3,6-7H2,1H3,(H,15,16). The fraction of sp³-hybridized carbons (Fsp3) is 0.462. The van der Waals surface area contributed by atoms with Gasteiger partial charge in [-0.3, -0.25) is 9.63 Å². The first-order valence-corrected chi connectivity index (χ1v) is 5.89. The lowest BCUT2D eigenvalue weighted by Crippen LogP contribution is -2.29. The number of hydrogen-bond donors (Lipinski definition) is 1. The quantitative estimate of drug-likeness (QED) is 0.821. The van der Waals surface area contributed by atoms with Crippen molar-refractivity contribution in [2.45, 2.75) is 38.7 Å². The summed E-state index contributed by atoms with van der Waals surface area (Å²) in [6.45, 7) is 1.63. The van der Waals surface area contributed by atoms with E-state index < -0.39 is 11.7 Å². The maximum absolute atomic E-state index is 13.6. The number of carbonyl (C=O) groups excluding carboxylic acids is 1. The third kappa shape index (κ3) is 2.82. The lowest BCUT2D eigenvalue weighted by molar-refractivity contribution is -0.0127. The van der Waals surface area contributed by atoms with Crippen molar-refractivity contribution in [1.82, 2.24) is 5.48 Å². The minimum atomic E-state index is -0.516. The van der Waals surface area contributed by atoms with Crippen LogP contribution in [-0.4, -0.2) is 12.0 Å². The normalized spacial score (nSPS) is 16.1. The number of hydrogen-bond acceptors (Lipinski definition) is 2. The zero-order valence-electron chi connectivity index (χ0n) is 9.83. The van der Waals surface area contributed by atoms with Crippen molar-refractivity contribution in [3.8, 4) is 0 Å². The predicted octanol–water partition coefficient (Wildman–Crippen LogP) is 2.74. The number of hydroxylamine groups is 1. The van der Waals surface area contributed by atoms with E-state index in [0.717, 1.165) is 25.7 Å². The Morgan fingerprint density at radius 2 is 2.12 bits per heavy atom. The van der Waals surface area contributed by atoms with E-state index in [1.807, 2.05) is 0 Å². The summed E-state index contributed by atoms with van der Waals surface area (Å²) < 4.78 is 13.6. The van der Waals surface area contributed by atoms with Crippen LogP contribution >= 0.6 is 0 Å². The predicted molar refractivity (Wildman–Crippen MR) is 61.9 cm³/mol. The molecule has 0 bridgehead atoms. The van der Waals surface area contributed by atoms with Gasteiger partial charge in [0.2, 0.25) is 0 Å². The van der Waals surface area contributed by atoms with E-state index in [-0.39, 0.29) is 11.7 Å². The lowest BCUT2D eigenvalue weighted by atomic mass is 10.1. The molecule has 0 unspecified atom stereocenters. The maximum Gasteiger partial charge on any atom is 0.277 e. The smallest absolute Gasteiger partial charge is 0.270 e. The third-order valence-electron chi connectivity index (χ3n) is 3.06. The highest BCUT2D eigenvalue weighted by Crippen LogP contribution is 2.20. The van der Waals surface area contributed by atoms with Crippen molar-refractivity contribution < 1.29 is 14.0 Å². The van der Waals surface area contributed by atoms with Crippen molar-refractivity contribution >= 4 is 5.91 Å². The second kappa shape index (κ2) is 5.27. The highest BCUT2D eigenvalue weighted by atomic mass is 19.1. The van der Waals surface area contributed by atoms with Crippen molar-refractivity contribution in [3.63, 3.8) is 0 Å². The molecule has 0 radical (unpaired) electrons. The van der Waals surface area contributed by atoms with Crippen molar-refractivity contribution in [2.24, 2.45) is 0 Å². The van der Waals surface area contributed by atoms with Crippen LogP contribution in [0.3, 0.4) is 0 Å². The highest BCUT2D eigenvalue weighted by Gasteiger charge is 2.18. The molecule has 1 aliphatic rings. The number of halogens is 1. The second-order valence-electron chi connectivity index (χ2n) is 4.39. The molecule has 1 aromatic rings. The second-order valence-corrected chi connectivity index (χ2v) is 4.39. The summed E-state index contributed by atoms with van der Waals surface area (Å²) >= 11 is 0. The SMILES string of the molecule is Cc1cccc(C(=O)NOC2CCCC2)c1F. The lowest BCUT2D eigenvalue weighted by Gasteiger charge is -2.12. The van der Waals surface area contributed by atoms with Crippen molar-refractivity contribution in [1.29, 1.82) is 0 Å². The molecule has 2 rings (SSSR count). The van der Waals surface area contributed by atoms with Gasteiger partial charge in [0.15, 0.2) is 0 Å². The van der Waals surface area contributed by atoms with E-state index >= 15 is 0 Å². The summed E-state index contributed by atoms with van der Waals surface area (Å²) in [5.41, 5.74) is 2.82. The fourth-order valence-corrected chi connectivity index (χ4v) is 2.02. The summed E-state index contributed by atoms with van der Waals surface area (Å²) in [6.07, 6.45) is 4.23. The third-order valence-corrected chi connectivity index (χ3v) is 3.06. The number of carbonyl (C=O) groups is 1. The van der Waals surface area contributed by atoms with Crippen molar-refractivity contribution in [3.05, 3.63) is 35.1 Å². The number of benzene rings is 1. The van der Waals surface area contributed by atoms with E-state index in [4.69, 9.17) is 4.84 Å². The van der Waals surface area contributed by atoms with Gasteiger partial charge >= 0.3 is 0 Å². The molecule has 0 aliphatic heterocycles. The van der Waals surface area contributed by atoms with Gasteiger partial charge in [-0.1, -0.05) is 25.0 Å². The van der Waals surface area contributed by atoms with E-state index in [2.05, 4.69) is 5.48 Å². The molecule has 0 atom stereocenters. The van der Waals surface area contributed by atoms with Crippen LogP contribution in [0.15, 0.2) is 18.2 Å². The first-order valence-electron chi connectivity index (χ1n) is 5.89. The van der Waals surface area contributed by atoms with Crippen LogP contribution in [0.25, 0.3) is 0 Å². The molecule has 1 aliphatic carbocycles. The molecule has 4 heteroatoms. The molecular weight excluding hydrogens is 221 g/mol. The molecule has 1 saturated carbocycles. The minimum absolute atomic E-state index is 0.0306. The Kier molecular flexibility index (Phi) is 3.74. The molecule has 1 amide bonds. The Balaban J connectivity index is 1.97. The van der Waals surface area contributed by atoms with Crippen LogP contribution < -0.4 is 5.48 Å². The van der Waals surface area contributed by atoms with Crippen LogP contribution in [0.2, 0.25) is 0 Å². The Hall–Kier alpha value is -1.42. The van der Waals surface area contributed by atoms with E-state index in [0.29, 0.717) is 5.56 Å². The summed E-state index contributed by atoms with van der Waals surface area (Å²) in [7, 11) is 0. The van der Waals surface area contributed by atoms with Gasteiger partial charge in [0.05, 0.1) is 11.7 Å². The maximum atomic E-state index is 13.6. The summed E-state index contributed by atoms with van der Waals surface area (Å²) in [5, 5.41) is 0. The Labute approximate surface area is 99.9 Å². The molecule has 92 valence electrons. The molecule has 0 saturated heterocycles. The van der Waals surface area contributed by atoms with E-state index in [1.165, 1.54) is 6.07 Å². The molecule has 1 aromatic carbocycles. The highest BCUT2D eigenvalue weighted by molar-refractivity contribution is 5.93. The first kappa shape index (κ1) is 12.0. The van der Waals surface area contributed by atoms with Crippen LogP contribution in [-0.2, 0) is 4.84 Å². The molecule has 17 heavy (non-hydrogen) atoms. The largest absolute Gasteiger partial charge is 0.277 e. The van der Waals surface area contributed by atoms with E-state index in [1.54, 1.807) is 19.1 Å². The van der Waals surface area contributed by atoms with Crippen LogP contribution in [0, 0.1) is 12.7 Å². The van der Waals surface area contributed by atoms with Crippen molar-refractivity contribution in [2.75, 3.05) is 0 Å². The minimum Gasteiger partial charge on any atom is -0.270 e. The molecule has 0 aromatic heterocycles. The van der Waals surface area contributed by atoms with E-state index in [9.17, 15) is 9.18 Å².